The molecule has 0 radical (unpaired) electrons. The lowest BCUT2D eigenvalue weighted by atomic mass is 9.71. The van der Waals surface area contributed by atoms with Crippen LogP contribution in [0.3, 0.4) is 0 Å². The number of benzene rings is 4. The SMILES string of the molecule is CC(C)N(C)C1(C)CCCCC1.CCC(C)(CC)N(C)c1c(C(C)C)cccc1C(C)C.CCC(C)(CC)N(C)c1c(C)cccc1C.CCC(C)(CC)[C@@H](C)c1ccccc1.CN(C)C1(C)CCCCC1.CN(c1ccccc1)C1(C)CCCCC1. The van der Waals surface area contributed by atoms with E-state index in [4.69, 9.17) is 0 Å². The molecule has 0 unspecified atom stereocenters. The van der Waals surface area contributed by atoms with E-state index in [1.54, 1.807) is 0 Å². The Morgan fingerprint density at radius 2 is 0.747 bits per heavy atom. The van der Waals surface area contributed by atoms with E-state index in [1.807, 2.05) is 0 Å². The molecular formula is C82H143N5. The number of aryl methyl sites for hydroxylation is 2. The van der Waals surface area contributed by atoms with E-state index in [1.165, 1.54) is 180 Å². The van der Waals surface area contributed by atoms with Crippen LogP contribution in [-0.2, 0) is 0 Å². The molecule has 3 aliphatic rings. The molecule has 1 atom stereocenters. The molecule has 496 valence electrons. The van der Waals surface area contributed by atoms with Gasteiger partial charge in [0.25, 0.3) is 0 Å². The Morgan fingerprint density at radius 3 is 1.08 bits per heavy atom. The first-order chi connectivity index (χ1) is 40.8. The highest BCUT2D eigenvalue weighted by Crippen LogP contribution is 2.43. The Morgan fingerprint density at radius 1 is 0.402 bits per heavy atom. The fraction of sp³-hybridized carbons (Fsp3) is 0.707. The molecule has 0 saturated heterocycles. The molecule has 0 heterocycles. The number of nitrogens with zero attached hydrogens (tertiary/aromatic N) is 5. The van der Waals surface area contributed by atoms with E-state index in [9.17, 15) is 0 Å². The summed E-state index contributed by atoms with van der Waals surface area (Å²) in [6, 6.07) is 35.6. The standard InChI is InChI=1S/C19H33N.C15H25N.C14H21N.C14H22.C11H23N.C9H19N/c1-9-19(7,10-2)20(8)18-16(14(3)4)12-11-13-17(18)15(5)6;1-7-15(5,8-2)16(6)14-12(3)10-9-11-13(14)4;1-14(11-7-4-8-12-14)15(2)13-9-5-3-6-10-13;1-5-14(4,6-2)12(3)13-10-8-7-9-11-13;1-10(2)12(4)11(3)8-6-5-7-9-11;1-9(10(2)3)7-5-4-6-8-9/h11-15H,9-10H2,1-8H3;9-11H,7-8H2,1-6H3;3,5-6,9-10H,4,7-8,11-12H2,1-2H3;7-12H,5-6H2,1-4H3;10H,5-9H2,1-4H3;4-8H2,1-3H3/t;;;12-;;/m...0../s1. The summed E-state index contributed by atoms with van der Waals surface area (Å²) in [7, 11) is 13.4. The monoisotopic (exact) mass is 1200 g/mol. The zero-order valence-electron chi connectivity index (χ0n) is 62.6. The predicted molar refractivity (Wildman–Crippen MR) is 395 cm³/mol. The molecule has 0 amide bonds. The topological polar surface area (TPSA) is 16.2 Å². The van der Waals surface area contributed by atoms with Gasteiger partial charge >= 0.3 is 0 Å². The van der Waals surface area contributed by atoms with Crippen LogP contribution in [0.2, 0.25) is 0 Å². The fourth-order valence-electron chi connectivity index (χ4n) is 13.9. The molecule has 4 aromatic rings. The average Bonchev–Trinajstić information content (AvgIpc) is 1.49. The number of para-hydroxylation sites is 3. The minimum absolute atomic E-state index is 0.231. The smallest absolute Gasteiger partial charge is 0.0438 e. The first-order valence-corrected chi connectivity index (χ1v) is 35.7. The van der Waals surface area contributed by atoms with Gasteiger partial charge in [0.2, 0.25) is 0 Å². The number of anilines is 3. The van der Waals surface area contributed by atoms with Crippen molar-refractivity contribution < 1.29 is 0 Å². The molecule has 87 heavy (non-hydrogen) atoms. The third-order valence-electron chi connectivity index (χ3n) is 23.5. The van der Waals surface area contributed by atoms with Gasteiger partial charge in [-0.05, 0) is 211 Å². The fourth-order valence-corrected chi connectivity index (χ4v) is 13.9. The zero-order chi connectivity index (χ0) is 66.0. The van der Waals surface area contributed by atoms with Crippen molar-refractivity contribution in [2.75, 3.05) is 57.0 Å². The van der Waals surface area contributed by atoms with E-state index in [0.717, 1.165) is 0 Å². The van der Waals surface area contributed by atoms with Crippen LogP contribution in [0.15, 0.2) is 97.1 Å². The first-order valence-electron chi connectivity index (χ1n) is 35.7. The van der Waals surface area contributed by atoms with Crippen molar-refractivity contribution in [1.29, 1.82) is 0 Å². The summed E-state index contributed by atoms with van der Waals surface area (Å²) in [5.41, 5.74) is 13.7. The second kappa shape index (κ2) is 37.5. The second-order valence-corrected chi connectivity index (χ2v) is 30.0. The Hall–Kier alpha value is -3.80. The summed E-state index contributed by atoms with van der Waals surface area (Å²) >= 11 is 0. The van der Waals surface area contributed by atoms with E-state index >= 15 is 0 Å². The van der Waals surface area contributed by atoms with Gasteiger partial charge in [-0.1, -0.05) is 239 Å². The van der Waals surface area contributed by atoms with Gasteiger partial charge in [0.1, 0.15) is 0 Å². The van der Waals surface area contributed by atoms with Crippen LogP contribution in [0.4, 0.5) is 17.1 Å². The third kappa shape index (κ3) is 22.8. The van der Waals surface area contributed by atoms with Gasteiger partial charge in [-0.3, -0.25) is 4.90 Å². The van der Waals surface area contributed by atoms with Crippen molar-refractivity contribution in [3.05, 3.63) is 125 Å². The molecule has 0 aromatic heterocycles. The first kappa shape index (κ1) is 79.3. The Bertz CT molecular complexity index is 2380. The average molecular weight is 1200 g/mol. The van der Waals surface area contributed by atoms with E-state index in [-0.39, 0.29) is 11.1 Å². The molecule has 0 spiro atoms. The van der Waals surface area contributed by atoms with Crippen LogP contribution in [-0.4, -0.2) is 85.8 Å². The Labute approximate surface area is 543 Å². The highest BCUT2D eigenvalue weighted by molar-refractivity contribution is 5.63. The molecule has 3 saturated carbocycles. The molecule has 7 rings (SSSR count). The molecule has 3 aliphatic carbocycles. The van der Waals surface area contributed by atoms with Crippen molar-refractivity contribution in [2.24, 2.45) is 5.41 Å². The maximum absolute atomic E-state index is 2.55. The zero-order valence-corrected chi connectivity index (χ0v) is 62.6. The van der Waals surface area contributed by atoms with Crippen molar-refractivity contribution in [2.45, 2.75) is 332 Å². The van der Waals surface area contributed by atoms with Crippen LogP contribution >= 0.6 is 0 Å². The summed E-state index contributed by atoms with van der Waals surface area (Å²) in [4.78, 5) is 12.4. The summed E-state index contributed by atoms with van der Waals surface area (Å²) in [5, 5.41) is 0. The minimum Gasteiger partial charge on any atom is -0.369 e. The molecule has 0 N–H and O–H groups in total. The molecule has 4 aromatic carbocycles. The van der Waals surface area contributed by atoms with Gasteiger partial charge in [0.05, 0.1) is 0 Å². The van der Waals surface area contributed by atoms with Crippen molar-refractivity contribution >= 4 is 17.1 Å². The normalized spacial score (nSPS) is 16.8. The van der Waals surface area contributed by atoms with Gasteiger partial charge in [0.15, 0.2) is 0 Å². The van der Waals surface area contributed by atoms with Crippen molar-refractivity contribution in [1.82, 2.24) is 9.80 Å². The molecule has 3 fully saturated rings. The van der Waals surface area contributed by atoms with E-state index in [0.29, 0.717) is 45.8 Å². The van der Waals surface area contributed by atoms with Crippen molar-refractivity contribution in [3.63, 3.8) is 0 Å². The van der Waals surface area contributed by atoms with E-state index < -0.39 is 0 Å². The van der Waals surface area contributed by atoms with Crippen LogP contribution in [0.25, 0.3) is 0 Å². The molecule has 5 heteroatoms. The second-order valence-electron chi connectivity index (χ2n) is 30.0. The van der Waals surface area contributed by atoms with Crippen molar-refractivity contribution in [3.8, 4) is 0 Å². The van der Waals surface area contributed by atoms with E-state index in [2.05, 4.69) is 309 Å². The molecule has 0 bridgehead atoms. The number of hydrogen-bond acceptors (Lipinski definition) is 5. The molecule has 5 nitrogen and oxygen atoms in total. The van der Waals surface area contributed by atoms with Gasteiger partial charge in [-0.25, -0.2) is 0 Å². The lowest BCUT2D eigenvalue weighted by Crippen LogP contribution is -2.48. The summed E-state index contributed by atoms with van der Waals surface area (Å²) in [6.07, 6.45) is 28.2. The number of hydrogen-bond donors (Lipinski definition) is 0. The van der Waals surface area contributed by atoms with Gasteiger partial charge < -0.3 is 19.6 Å². The Kier molecular flexibility index (Phi) is 34.2. The number of rotatable bonds is 19. The van der Waals surface area contributed by atoms with Crippen LogP contribution < -0.4 is 14.7 Å². The largest absolute Gasteiger partial charge is 0.369 e. The van der Waals surface area contributed by atoms with Gasteiger partial charge in [-0.2, -0.15) is 0 Å². The summed E-state index contributed by atoms with van der Waals surface area (Å²) in [5.74, 6) is 1.77. The van der Waals surface area contributed by atoms with Crippen LogP contribution in [0.1, 0.15) is 312 Å². The lowest BCUT2D eigenvalue weighted by molar-refractivity contribution is 0.0650. The highest BCUT2D eigenvalue weighted by atomic mass is 15.2. The maximum Gasteiger partial charge on any atom is 0.0438 e. The van der Waals surface area contributed by atoms with Crippen LogP contribution in [0.5, 0.6) is 0 Å². The highest BCUT2D eigenvalue weighted by Gasteiger charge is 2.35. The van der Waals surface area contributed by atoms with Gasteiger partial charge in [-0.15, -0.1) is 0 Å². The van der Waals surface area contributed by atoms with Gasteiger partial charge in [0, 0.05) is 71.9 Å². The Balaban J connectivity index is 0.000000360. The molecule has 0 aliphatic heterocycles. The summed E-state index contributed by atoms with van der Waals surface area (Å²) in [6.45, 7) is 48.6. The predicted octanol–water partition coefficient (Wildman–Crippen LogP) is 24.0. The maximum atomic E-state index is 2.55. The van der Waals surface area contributed by atoms with Crippen LogP contribution in [0, 0.1) is 19.3 Å². The lowest BCUT2D eigenvalue weighted by Gasteiger charge is -2.44. The summed E-state index contributed by atoms with van der Waals surface area (Å²) < 4.78 is 0. The third-order valence-corrected chi connectivity index (χ3v) is 23.5. The minimum atomic E-state index is 0.231. The quantitative estimate of drug-likeness (QED) is 0.0927. The molecular weight excluding hydrogens is 1050 g/mol.